The summed E-state index contributed by atoms with van der Waals surface area (Å²) in [5.74, 6) is 0. The van der Waals surface area contributed by atoms with Crippen LogP contribution in [0.4, 0.5) is 0 Å². The van der Waals surface area contributed by atoms with Gasteiger partial charge in [-0.1, -0.05) is 0 Å². The van der Waals surface area contributed by atoms with Crippen LogP contribution in [-0.2, 0) is 0 Å². The fraction of sp³-hybridized carbons (Fsp3) is 1.00. The molecule has 0 fully saturated rings. The highest BCUT2D eigenvalue weighted by Crippen LogP contribution is 1.99. The van der Waals surface area contributed by atoms with Crippen molar-refractivity contribution in [3.05, 3.63) is 0 Å². The van der Waals surface area contributed by atoms with Crippen molar-refractivity contribution in [1.29, 1.82) is 0 Å². The second kappa shape index (κ2) is 2.44. The number of aliphatic hydroxyl groups excluding tert-OH is 1. The molecule has 0 spiro atoms. The zero-order valence-electron chi connectivity index (χ0n) is 5.39. The number of hydrogen-bond acceptors (Lipinski definition) is 3. The van der Waals surface area contributed by atoms with Crippen molar-refractivity contribution >= 4 is 0 Å². The Hall–Kier alpha value is -0.120. The van der Waals surface area contributed by atoms with Gasteiger partial charge in [0.15, 0.2) is 0 Å². The molecule has 1 unspecified atom stereocenters. The van der Waals surface area contributed by atoms with Crippen molar-refractivity contribution in [3.63, 3.8) is 0 Å². The van der Waals surface area contributed by atoms with E-state index >= 15 is 0 Å². The minimum absolute atomic E-state index is 0.0521. The summed E-state index contributed by atoms with van der Waals surface area (Å²) in [4.78, 5) is 0. The van der Waals surface area contributed by atoms with Crippen molar-refractivity contribution in [1.82, 2.24) is 0 Å². The van der Waals surface area contributed by atoms with E-state index < -0.39 is 5.54 Å². The molecule has 3 nitrogen and oxygen atoms in total. The second-order valence-electron chi connectivity index (χ2n) is 2.61. The van der Waals surface area contributed by atoms with Gasteiger partial charge >= 0.3 is 0 Å². The third kappa shape index (κ3) is 2.26. The summed E-state index contributed by atoms with van der Waals surface area (Å²) in [6.07, 6.45) is 0. The van der Waals surface area contributed by atoms with Gasteiger partial charge in [0.2, 0.25) is 0 Å². The molecule has 0 amide bonds. The maximum Gasteiger partial charge on any atom is 0.0600 e. The molecule has 3 heteroatoms. The van der Waals surface area contributed by atoms with Gasteiger partial charge in [-0.25, -0.2) is 0 Å². The van der Waals surface area contributed by atoms with Crippen LogP contribution in [0.2, 0.25) is 0 Å². The van der Waals surface area contributed by atoms with E-state index in [1.807, 2.05) is 0 Å². The topological polar surface area (TPSA) is 72.3 Å². The van der Waals surface area contributed by atoms with E-state index in [1.54, 1.807) is 13.8 Å². The van der Waals surface area contributed by atoms with E-state index in [9.17, 15) is 0 Å². The van der Waals surface area contributed by atoms with Crippen LogP contribution < -0.4 is 11.5 Å². The molecule has 0 heterocycles. The molecule has 50 valence electrons. The predicted octanol–water partition coefficient (Wildman–Crippen LogP) is -0.957. The summed E-state index contributed by atoms with van der Waals surface area (Å²) in [5, 5.41) is 8.47. The minimum Gasteiger partial charge on any atom is -0.395 e. The van der Waals surface area contributed by atoms with E-state index in [4.69, 9.17) is 16.6 Å². The molecular formula is C5H14N2O. The first kappa shape index (κ1) is 7.88. The Morgan fingerprint density at radius 2 is 2.00 bits per heavy atom. The maximum atomic E-state index is 8.47. The number of hydrogen-bond donors (Lipinski definition) is 3. The van der Waals surface area contributed by atoms with Gasteiger partial charge in [0, 0.05) is 11.6 Å². The lowest BCUT2D eigenvalue weighted by molar-refractivity contribution is 0.222. The van der Waals surface area contributed by atoms with Crippen molar-refractivity contribution in [2.45, 2.75) is 25.4 Å². The Morgan fingerprint density at radius 3 is 2.00 bits per heavy atom. The molecule has 0 aromatic rings. The molecule has 1 atom stereocenters. The van der Waals surface area contributed by atoms with Crippen molar-refractivity contribution in [3.8, 4) is 0 Å². The smallest absolute Gasteiger partial charge is 0.0600 e. The third-order valence-electron chi connectivity index (χ3n) is 1.15. The van der Waals surface area contributed by atoms with Gasteiger partial charge in [0.05, 0.1) is 6.61 Å². The van der Waals surface area contributed by atoms with Gasteiger partial charge < -0.3 is 16.6 Å². The first-order chi connectivity index (χ1) is 3.48. The Balaban J connectivity index is 3.62. The molecule has 0 radical (unpaired) electrons. The molecule has 0 aromatic heterocycles. The lowest BCUT2D eigenvalue weighted by Gasteiger charge is -2.24. The van der Waals surface area contributed by atoms with Gasteiger partial charge in [0.1, 0.15) is 0 Å². The van der Waals surface area contributed by atoms with E-state index in [-0.39, 0.29) is 12.6 Å². The standard InChI is InChI=1S/C5H14N2O/c1-5(2,7)4(6)3-8/h4,8H,3,6-7H2,1-2H3. The highest BCUT2D eigenvalue weighted by Gasteiger charge is 2.19. The fourth-order valence-corrected chi connectivity index (χ4v) is 0.235. The largest absolute Gasteiger partial charge is 0.395 e. The fourth-order valence-electron chi connectivity index (χ4n) is 0.235. The van der Waals surface area contributed by atoms with Gasteiger partial charge in [-0.15, -0.1) is 0 Å². The molecule has 8 heavy (non-hydrogen) atoms. The first-order valence-corrected chi connectivity index (χ1v) is 2.64. The quantitative estimate of drug-likeness (QED) is 0.437. The van der Waals surface area contributed by atoms with Crippen LogP contribution in [0, 0.1) is 0 Å². The first-order valence-electron chi connectivity index (χ1n) is 2.64. The average Bonchev–Trinajstić information content (AvgIpc) is 1.62. The second-order valence-corrected chi connectivity index (χ2v) is 2.61. The molecule has 5 N–H and O–H groups in total. The van der Waals surface area contributed by atoms with Crippen molar-refractivity contribution in [2.24, 2.45) is 11.5 Å². The summed E-state index contributed by atoms with van der Waals surface area (Å²) >= 11 is 0. The SMILES string of the molecule is CC(C)(N)C(N)CO. The average molecular weight is 118 g/mol. The number of nitrogens with two attached hydrogens (primary N) is 2. The Labute approximate surface area is 49.7 Å². The van der Waals surface area contributed by atoms with Crippen LogP contribution in [-0.4, -0.2) is 23.3 Å². The summed E-state index contributed by atoms with van der Waals surface area (Å²) < 4.78 is 0. The zero-order valence-corrected chi connectivity index (χ0v) is 5.39. The molecule has 0 bridgehead atoms. The Morgan fingerprint density at radius 1 is 1.62 bits per heavy atom. The van der Waals surface area contributed by atoms with Crippen molar-refractivity contribution in [2.75, 3.05) is 6.61 Å². The lowest BCUT2D eigenvalue weighted by Crippen LogP contribution is -2.52. The van der Waals surface area contributed by atoms with Crippen LogP contribution in [0.5, 0.6) is 0 Å². The van der Waals surface area contributed by atoms with Gasteiger partial charge in [-0.3, -0.25) is 0 Å². The van der Waals surface area contributed by atoms with E-state index in [0.29, 0.717) is 0 Å². The van der Waals surface area contributed by atoms with Crippen LogP contribution in [0.15, 0.2) is 0 Å². The number of rotatable bonds is 2. The molecule has 0 rings (SSSR count). The highest BCUT2D eigenvalue weighted by atomic mass is 16.3. The van der Waals surface area contributed by atoms with Crippen LogP contribution in [0.25, 0.3) is 0 Å². The normalized spacial score (nSPS) is 16.1. The molecule has 0 saturated carbocycles. The van der Waals surface area contributed by atoms with E-state index in [1.165, 1.54) is 0 Å². The van der Waals surface area contributed by atoms with Gasteiger partial charge in [0.25, 0.3) is 0 Å². The van der Waals surface area contributed by atoms with Crippen LogP contribution >= 0.6 is 0 Å². The molecule has 0 saturated heterocycles. The zero-order chi connectivity index (χ0) is 6.78. The molecule has 0 aliphatic rings. The predicted molar refractivity (Wildman–Crippen MR) is 33.3 cm³/mol. The Kier molecular flexibility index (Phi) is 2.40. The molecule has 0 aliphatic carbocycles. The van der Waals surface area contributed by atoms with E-state index in [0.717, 1.165) is 0 Å². The maximum absolute atomic E-state index is 8.47. The molecule has 0 aromatic carbocycles. The third-order valence-corrected chi connectivity index (χ3v) is 1.15. The van der Waals surface area contributed by atoms with Crippen LogP contribution in [0.1, 0.15) is 13.8 Å². The summed E-state index contributed by atoms with van der Waals surface area (Å²) in [5.41, 5.74) is 10.4. The van der Waals surface area contributed by atoms with Crippen molar-refractivity contribution < 1.29 is 5.11 Å². The molecule has 0 aliphatic heterocycles. The monoisotopic (exact) mass is 118 g/mol. The summed E-state index contributed by atoms with van der Waals surface area (Å²) in [7, 11) is 0. The van der Waals surface area contributed by atoms with E-state index in [2.05, 4.69) is 0 Å². The number of aliphatic hydroxyl groups is 1. The van der Waals surface area contributed by atoms with Crippen LogP contribution in [0.3, 0.4) is 0 Å². The minimum atomic E-state index is -0.464. The summed E-state index contributed by atoms with van der Waals surface area (Å²) in [6, 6.07) is -0.317. The Bertz CT molecular complexity index is 67.3. The van der Waals surface area contributed by atoms with Gasteiger partial charge in [-0.05, 0) is 13.8 Å². The summed E-state index contributed by atoms with van der Waals surface area (Å²) in [6.45, 7) is 3.52. The highest BCUT2D eigenvalue weighted by molar-refractivity contribution is 4.84. The molecular weight excluding hydrogens is 104 g/mol. The lowest BCUT2D eigenvalue weighted by atomic mass is 9.98. The van der Waals surface area contributed by atoms with Gasteiger partial charge in [-0.2, -0.15) is 0 Å².